The van der Waals surface area contributed by atoms with E-state index in [0.29, 0.717) is 24.9 Å². The van der Waals surface area contributed by atoms with E-state index in [1.165, 1.54) is 12.1 Å². The van der Waals surface area contributed by atoms with Crippen LogP contribution in [0.5, 0.6) is 0 Å². The molecule has 3 fully saturated rings. The number of imide groups is 1. The van der Waals surface area contributed by atoms with Gasteiger partial charge in [0.1, 0.15) is 0 Å². The third-order valence-electron chi connectivity index (χ3n) is 5.82. The van der Waals surface area contributed by atoms with Gasteiger partial charge in [0.2, 0.25) is 11.8 Å². The summed E-state index contributed by atoms with van der Waals surface area (Å²) >= 11 is 0. The van der Waals surface area contributed by atoms with E-state index in [1.54, 1.807) is 0 Å². The Morgan fingerprint density at radius 2 is 2.16 bits per heavy atom. The SMILES string of the molecule is Cn1nc(C2CCC(=O)NC2=O)c2ccc(N3C[C@H]4C[C@@H]3CN4)cc21. The first kappa shape index (κ1) is 14.9. The van der Waals surface area contributed by atoms with Gasteiger partial charge >= 0.3 is 0 Å². The summed E-state index contributed by atoms with van der Waals surface area (Å²) in [7, 11) is 1.92. The molecule has 7 nitrogen and oxygen atoms in total. The number of amides is 2. The number of nitrogens with one attached hydrogen (secondary N) is 2. The number of aromatic nitrogens is 2. The van der Waals surface area contributed by atoms with E-state index < -0.39 is 0 Å². The zero-order chi connectivity index (χ0) is 17.1. The molecular weight excluding hydrogens is 318 g/mol. The van der Waals surface area contributed by atoms with E-state index in [0.717, 1.165) is 29.7 Å². The standard InChI is InChI=1S/C18H21N5O2/c1-22-15-7-11(23-9-10-6-12(23)8-19-10)2-3-13(15)17(21-22)14-4-5-16(24)20-18(14)25/h2-3,7,10,12,14,19H,4-6,8-9H2,1H3,(H,20,24,25)/t10-,12-,14?/m1/s1. The third-order valence-corrected chi connectivity index (χ3v) is 5.82. The van der Waals surface area contributed by atoms with Crippen molar-refractivity contribution in [1.82, 2.24) is 20.4 Å². The van der Waals surface area contributed by atoms with Gasteiger partial charge in [0.15, 0.2) is 0 Å². The average Bonchev–Trinajstić information content (AvgIpc) is 3.30. The van der Waals surface area contributed by atoms with Crippen LogP contribution in [0.15, 0.2) is 18.2 Å². The molecule has 1 unspecified atom stereocenters. The highest BCUT2D eigenvalue weighted by molar-refractivity contribution is 6.02. The molecule has 3 aliphatic heterocycles. The summed E-state index contributed by atoms with van der Waals surface area (Å²) in [5, 5.41) is 11.6. The summed E-state index contributed by atoms with van der Waals surface area (Å²) in [5.74, 6) is -0.774. The molecular formula is C18H21N5O2. The van der Waals surface area contributed by atoms with Crippen molar-refractivity contribution >= 4 is 28.4 Å². The lowest BCUT2D eigenvalue weighted by molar-refractivity contribution is -0.134. The minimum Gasteiger partial charge on any atom is -0.366 e. The number of hydrogen-bond acceptors (Lipinski definition) is 5. The number of carbonyl (C=O) groups excluding carboxylic acids is 2. The van der Waals surface area contributed by atoms with Crippen LogP contribution in [0.3, 0.4) is 0 Å². The topological polar surface area (TPSA) is 79.3 Å². The molecule has 130 valence electrons. The van der Waals surface area contributed by atoms with Crippen LogP contribution < -0.4 is 15.5 Å². The molecule has 2 aromatic rings. The predicted octanol–water partition coefficient (Wildman–Crippen LogP) is 0.644. The van der Waals surface area contributed by atoms with Crippen molar-refractivity contribution in [1.29, 1.82) is 0 Å². The summed E-state index contributed by atoms with van der Waals surface area (Å²) in [6, 6.07) is 7.57. The van der Waals surface area contributed by atoms with Crippen molar-refractivity contribution in [2.75, 3.05) is 18.0 Å². The molecule has 2 bridgehead atoms. The molecule has 2 amide bonds. The van der Waals surface area contributed by atoms with Crippen LogP contribution in [0.4, 0.5) is 5.69 Å². The van der Waals surface area contributed by atoms with Crippen molar-refractivity contribution in [2.45, 2.75) is 37.3 Å². The number of rotatable bonds is 2. The smallest absolute Gasteiger partial charge is 0.235 e. The summed E-state index contributed by atoms with van der Waals surface area (Å²) < 4.78 is 1.85. The Bertz CT molecular complexity index is 889. The Kier molecular flexibility index (Phi) is 3.15. The highest BCUT2D eigenvalue weighted by Gasteiger charge is 2.38. The molecule has 25 heavy (non-hydrogen) atoms. The van der Waals surface area contributed by atoms with Crippen LogP contribution in [0, 0.1) is 0 Å². The molecule has 0 radical (unpaired) electrons. The number of piperidine rings is 1. The van der Waals surface area contributed by atoms with Crippen molar-refractivity contribution in [3.8, 4) is 0 Å². The molecule has 0 saturated carbocycles. The maximum atomic E-state index is 12.2. The summed E-state index contributed by atoms with van der Waals surface area (Å²) in [6.07, 6.45) is 2.11. The number of nitrogens with zero attached hydrogens (tertiary/aromatic N) is 3. The molecule has 3 aliphatic rings. The van der Waals surface area contributed by atoms with Gasteiger partial charge in [-0.3, -0.25) is 19.6 Å². The van der Waals surface area contributed by atoms with Crippen molar-refractivity contribution in [2.24, 2.45) is 7.05 Å². The minimum atomic E-state index is -0.348. The summed E-state index contributed by atoms with van der Waals surface area (Å²) in [4.78, 5) is 26.1. The Labute approximate surface area is 145 Å². The van der Waals surface area contributed by atoms with Gasteiger partial charge in [-0.2, -0.15) is 5.10 Å². The zero-order valence-electron chi connectivity index (χ0n) is 14.2. The lowest BCUT2D eigenvalue weighted by atomic mass is 9.93. The van der Waals surface area contributed by atoms with Gasteiger partial charge in [-0.05, 0) is 31.0 Å². The molecule has 1 aromatic heterocycles. The van der Waals surface area contributed by atoms with Crippen molar-refractivity contribution in [3.05, 3.63) is 23.9 Å². The molecule has 4 heterocycles. The first-order valence-electron chi connectivity index (χ1n) is 8.90. The van der Waals surface area contributed by atoms with Crippen molar-refractivity contribution < 1.29 is 9.59 Å². The molecule has 1 aromatic carbocycles. The van der Waals surface area contributed by atoms with Gasteiger partial charge in [-0.1, -0.05) is 0 Å². The number of carbonyl (C=O) groups is 2. The zero-order valence-corrected chi connectivity index (χ0v) is 14.2. The number of benzene rings is 1. The second-order valence-electron chi connectivity index (χ2n) is 7.36. The quantitative estimate of drug-likeness (QED) is 0.785. The lowest BCUT2D eigenvalue weighted by Gasteiger charge is -2.29. The molecule has 0 spiro atoms. The Morgan fingerprint density at radius 1 is 1.28 bits per heavy atom. The van der Waals surface area contributed by atoms with Gasteiger partial charge in [-0.15, -0.1) is 0 Å². The van der Waals surface area contributed by atoms with Gasteiger partial charge in [0.05, 0.1) is 17.1 Å². The number of anilines is 1. The first-order valence-corrected chi connectivity index (χ1v) is 8.90. The maximum absolute atomic E-state index is 12.2. The molecule has 2 N–H and O–H groups in total. The van der Waals surface area contributed by atoms with Crippen LogP contribution in [0.1, 0.15) is 30.9 Å². The van der Waals surface area contributed by atoms with E-state index in [1.807, 2.05) is 11.7 Å². The molecule has 0 aliphatic carbocycles. The third kappa shape index (κ3) is 2.26. The fourth-order valence-corrected chi connectivity index (χ4v) is 4.54. The monoisotopic (exact) mass is 339 g/mol. The highest BCUT2D eigenvalue weighted by atomic mass is 16.2. The fraction of sp³-hybridized carbons (Fsp3) is 0.500. The van der Waals surface area contributed by atoms with Gasteiger partial charge in [-0.25, -0.2) is 0 Å². The maximum Gasteiger partial charge on any atom is 0.235 e. The van der Waals surface area contributed by atoms with E-state index in [-0.39, 0.29) is 17.7 Å². The van der Waals surface area contributed by atoms with Gasteiger partial charge in [0.25, 0.3) is 0 Å². The Balaban J connectivity index is 1.52. The lowest BCUT2D eigenvalue weighted by Crippen LogP contribution is -2.43. The van der Waals surface area contributed by atoms with Crippen LogP contribution >= 0.6 is 0 Å². The van der Waals surface area contributed by atoms with E-state index in [4.69, 9.17) is 0 Å². The van der Waals surface area contributed by atoms with E-state index in [9.17, 15) is 9.59 Å². The number of aryl methyl sites for hydroxylation is 1. The summed E-state index contributed by atoms with van der Waals surface area (Å²) in [5.41, 5.74) is 3.03. The second-order valence-corrected chi connectivity index (χ2v) is 7.36. The first-order chi connectivity index (χ1) is 12.1. The molecule has 5 rings (SSSR count). The van der Waals surface area contributed by atoms with Crippen LogP contribution in [-0.2, 0) is 16.6 Å². The average molecular weight is 339 g/mol. The highest BCUT2D eigenvalue weighted by Crippen LogP contribution is 2.35. The van der Waals surface area contributed by atoms with E-state index in [2.05, 4.69) is 38.8 Å². The number of piperazine rings is 1. The number of hydrogen-bond donors (Lipinski definition) is 2. The molecule has 7 heteroatoms. The van der Waals surface area contributed by atoms with Crippen LogP contribution in [-0.4, -0.2) is 46.8 Å². The van der Waals surface area contributed by atoms with E-state index >= 15 is 0 Å². The fourth-order valence-electron chi connectivity index (χ4n) is 4.54. The van der Waals surface area contributed by atoms with Crippen molar-refractivity contribution in [3.63, 3.8) is 0 Å². The van der Waals surface area contributed by atoms with Crippen LogP contribution in [0.2, 0.25) is 0 Å². The second kappa shape index (κ2) is 5.29. The van der Waals surface area contributed by atoms with Gasteiger partial charge < -0.3 is 10.2 Å². The number of fused-ring (bicyclic) bond motifs is 3. The predicted molar refractivity (Wildman–Crippen MR) is 93.4 cm³/mol. The minimum absolute atomic E-state index is 0.193. The normalized spacial score (nSPS) is 28.8. The summed E-state index contributed by atoms with van der Waals surface area (Å²) in [6.45, 7) is 2.10. The van der Waals surface area contributed by atoms with Crippen LogP contribution in [0.25, 0.3) is 10.9 Å². The molecule has 3 saturated heterocycles. The largest absolute Gasteiger partial charge is 0.366 e. The Hall–Kier alpha value is -2.41. The Morgan fingerprint density at radius 3 is 2.88 bits per heavy atom. The molecule has 3 atom stereocenters. The van der Waals surface area contributed by atoms with Gasteiger partial charge in [0, 0.05) is 49.7 Å².